The second-order valence-corrected chi connectivity index (χ2v) is 5.70. The molecule has 0 aliphatic carbocycles. The summed E-state index contributed by atoms with van der Waals surface area (Å²) in [5.41, 5.74) is 3.15. The number of hydrogen-bond donors (Lipinski definition) is 1. The summed E-state index contributed by atoms with van der Waals surface area (Å²) in [7, 11) is 0. The number of benzene rings is 2. The molecule has 1 N–H and O–H groups in total. The fraction of sp³-hybridized carbons (Fsp3) is 0.200. The first kappa shape index (κ1) is 16.8. The van der Waals surface area contributed by atoms with Crippen molar-refractivity contribution >= 4 is 29.5 Å². The molecule has 5 nitrogen and oxygen atoms in total. The summed E-state index contributed by atoms with van der Waals surface area (Å²) >= 11 is 0. The van der Waals surface area contributed by atoms with Gasteiger partial charge in [-0.1, -0.05) is 37.3 Å². The number of carbonyl (C=O) groups excluding carboxylic acids is 2. The summed E-state index contributed by atoms with van der Waals surface area (Å²) in [6, 6.07) is 16.9. The van der Waals surface area contributed by atoms with Crippen LogP contribution in [0.2, 0.25) is 0 Å². The normalized spacial score (nSPS) is 14.4. The maximum atomic E-state index is 12.5. The fourth-order valence-corrected chi connectivity index (χ4v) is 2.64. The molecule has 1 aliphatic rings. The Labute approximate surface area is 146 Å². The van der Waals surface area contributed by atoms with E-state index in [1.165, 1.54) is 0 Å². The third-order valence-corrected chi connectivity index (χ3v) is 4.01. The van der Waals surface area contributed by atoms with Crippen molar-refractivity contribution in [3.63, 3.8) is 0 Å². The van der Waals surface area contributed by atoms with Crippen molar-refractivity contribution in [2.45, 2.75) is 13.3 Å². The molecule has 0 spiro atoms. The summed E-state index contributed by atoms with van der Waals surface area (Å²) < 4.78 is 4.93. The molecule has 0 saturated carbocycles. The van der Waals surface area contributed by atoms with Crippen LogP contribution in [0.25, 0.3) is 6.08 Å². The summed E-state index contributed by atoms with van der Waals surface area (Å²) in [5.74, 6) is -0.125. The highest BCUT2D eigenvalue weighted by atomic mass is 16.6. The SMILES string of the molecule is CC/C(=C\c1ccccc1)C(=O)Nc1ccc(N2CCOC2=O)cc1. The van der Waals surface area contributed by atoms with E-state index in [9.17, 15) is 9.59 Å². The minimum Gasteiger partial charge on any atom is -0.447 e. The maximum Gasteiger partial charge on any atom is 0.414 e. The van der Waals surface area contributed by atoms with Crippen molar-refractivity contribution in [1.82, 2.24) is 0 Å². The van der Waals surface area contributed by atoms with Gasteiger partial charge < -0.3 is 10.1 Å². The van der Waals surface area contributed by atoms with Gasteiger partial charge in [0.05, 0.1) is 6.54 Å². The second-order valence-electron chi connectivity index (χ2n) is 5.70. The number of anilines is 2. The Hall–Kier alpha value is -3.08. The van der Waals surface area contributed by atoms with Crippen LogP contribution in [-0.4, -0.2) is 25.2 Å². The van der Waals surface area contributed by atoms with Crippen LogP contribution in [0.3, 0.4) is 0 Å². The van der Waals surface area contributed by atoms with Crippen LogP contribution >= 0.6 is 0 Å². The predicted octanol–water partition coefficient (Wildman–Crippen LogP) is 4.08. The molecule has 3 rings (SSSR count). The molecule has 0 atom stereocenters. The zero-order valence-electron chi connectivity index (χ0n) is 14.1. The van der Waals surface area contributed by atoms with Gasteiger partial charge in [-0.2, -0.15) is 0 Å². The molecule has 128 valence electrons. The molecule has 1 aliphatic heterocycles. The maximum absolute atomic E-state index is 12.5. The van der Waals surface area contributed by atoms with E-state index in [0.717, 1.165) is 11.3 Å². The van der Waals surface area contributed by atoms with Gasteiger partial charge in [-0.3, -0.25) is 9.69 Å². The first-order valence-electron chi connectivity index (χ1n) is 8.28. The lowest BCUT2D eigenvalue weighted by molar-refractivity contribution is -0.112. The largest absolute Gasteiger partial charge is 0.447 e. The molecular weight excluding hydrogens is 316 g/mol. The predicted molar refractivity (Wildman–Crippen MR) is 98.5 cm³/mol. The average molecular weight is 336 g/mol. The number of hydrogen-bond acceptors (Lipinski definition) is 3. The Kier molecular flexibility index (Phi) is 5.14. The van der Waals surface area contributed by atoms with Crippen LogP contribution in [0.4, 0.5) is 16.2 Å². The minimum absolute atomic E-state index is 0.125. The van der Waals surface area contributed by atoms with E-state index in [4.69, 9.17) is 4.74 Å². The Morgan fingerprint density at radius 2 is 1.88 bits per heavy atom. The van der Waals surface area contributed by atoms with Crippen molar-refractivity contribution in [3.05, 3.63) is 65.7 Å². The van der Waals surface area contributed by atoms with Gasteiger partial charge in [0.15, 0.2) is 0 Å². The van der Waals surface area contributed by atoms with E-state index < -0.39 is 0 Å². The number of nitrogens with one attached hydrogen (secondary N) is 1. The molecular formula is C20H20N2O3. The molecule has 2 aromatic rings. The van der Waals surface area contributed by atoms with E-state index in [-0.39, 0.29) is 12.0 Å². The lowest BCUT2D eigenvalue weighted by Crippen LogP contribution is -2.23. The molecule has 5 heteroatoms. The van der Waals surface area contributed by atoms with Crippen LogP contribution in [-0.2, 0) is 9.53 Å². The molecule has 2 amide bonds. The lowest BCUT2D eigenvalue weighted by atomic mass is 10.1. The first-order valence-corrected chi connectivity index (χ1v) is 8.28. The Morgan fingerprint density at radius 1 is 1.16 bits per heavy atom. The minimum atomic E-state index is -0.337. The van der Waals surface area contributed by atoms with Crippen LogP contribution in [0.1, 0.15) is 18.9 Å². The highest BCUT2D eigenvalue weighted by Gasteiger charge is 2.23. The van der Waals surface area contributed by atoms with Crippen LogP contribution in [0, 0.1) is 0 Å². The third-order valence-electron chi connectivity index (χ3n) is 4.01. The Morgan fingerprint density at radius 3 is 2.48 bits per heavy atom. The quantitative estimate of drug-likeness (QED) is 0.837. The van der Waals surface area contributed by atoms with E-state index in [1.54, 1.807) is 29.2 Å². The molecule has 0 aromatic heterocycles. The summed E-state index contributed by atoms with van der Waals surface area (Å²) in [4.78, 5) is 25.6. The molecule has 25 heavy (non-hydrogen) atoms. The zero-order chi connectivity index (χ0) is 17.6. The Bertz CT molecular complexity index is 782. The van der Waals surface area contributed by atoms with Crippen molar-refractivity contribution in [2.75, 3.05) is 23.4 Å². The smallest absolute Gasteiger partial charge is 0.414 e. The molecule has 1 heterocycles. The van der Waals surface area contributed by atoms with Crippen LogP contribution < -0.4 is 10.2 Å². The summed E-state index contributed by atoms with van der Waals surface area (Å²) in [5, 5.41) is 2.90. The number of cyclic esters (lactones) is 1. The topological polar surface area (TPSA) is 58.6 Å². The summed E-state index contributed by atoms with van der Waals surface area (Å²) in [6.45, 7) is 2.90. The monoisotopic (exact) mass is 336 g/mol. The average Bonchev–Trinajstić information content (AvgIpc) is 3.07. The highest BCUT2D eigenvalue weighted by Crippen LogP contribution is 2.21. The molecule has 1 saturated heterocycles. The molecule has 2 aromatic carbocycles. The summed E-state index contributed by atoms with van der Waals surface area (Å²) in [6.07, 6.45) is 2.19. The molecule has 0 unspecified atom stereocenters. The van der Waals surface area contributed by atoms with Crippen molar-refractivity contribution in [1.29, 1.82) is 0 Å². The van der Waals surface area contributed by atoms with Gasteiger partial charge >= 0.3 is 6.09 Å². The van der Waals surface area contributed by atoms with Gasteiger partial charge in [0.25, 0.3) is 5.91 Å². The number of nitrogens with zero attached hydrogens (tertiary/aromatic N) is 1. The number of rotatable bonds is 5. The van der Waals surface area contributed by atoms with Gasteiger partial charge in [0, 0.05) is 16.9 Å². The second kappa shape index (κ2) is 7.66. The van der Waals surface area contributed by atoms with Crippen LogP contribution in [0.15, 0.2) is 60.2 Å². The van der Waals surface area contributed by atoms with Gasteiger partial charge in [0.2, 0.25) is 0 Å². The van der Waals surface area contributed by atoms with E-state index in [2.05, 4.69) is 5.32 Å². The van der Waals surface area contributed by atoms with Gasteiger partial charge in [-0.05, 0) is 42.3 Å². The highest BCUT2D eigenvalue weighted by molar-refractivity contribution is 6.06. The Balaban J connectivity index is 1.69. The molecule has 1 fully saturated rings. The standard InChI is InChI=1S/C20H20N2O3/c1-2-16(14-15-6-4-3-5-7-15)19(23)21-17-8-10-18(11-9-17)22-12-13-25-20(22)24/h3-11,14H,2,12-13H2,1H3,(H,21,23)/b16-14+. The molecule has 0 bridgehead atoms. The first-order chi connectivity index (χ1) is 12.2. The van der Waals surface area contributed by atoms with Crippen molar-refractivity contribution < 1.29 is 14.3 Å². The van der Waals surface area contributed by atoms with Gasteiger partial charge in [-0.15, -0.1) is 0 Å². The molecule has 0 radical (unpaired) electrons. The lowest BCUT2D eigenvalue weighted by Gasteiger charge is -2.13. The van der Waals surface area contributed by atoms with Gasteiger partial charge in [-0.25, -0.2) is 4.79 Å². The van der Waals surface area contributed by atoms with E-state index >= 15 is 0 Å². The van der Waals surface area contributed by atoms with Gasteiger partial charge in [0.1, 0.15) is 6.61 Å². The fourth-order valence-electron chi connectivity index (χ4n) is 2.64. The third kappa shape index (κ3) is 4.07. The zero-order valence-corrected chi connectivity index (χ0v) is 14.1. The van der Waals surface area contributed by atoms with E-state index in [0.29, 0.717) is 30.8 Å². The van der Waals surface area contributed by atoms with Crippen molar-refractivity contribution in [2.24, 2.45) is 0 Å². The van der Waals surface area contributed by atoms with Crippen molar-refractivity contribution in [3.8, 4) is 0 Å². The number of amides is 2. The number of ether oxygens (including phenoxy) is 1. The van der Waals surface area contributed by atoms with Crippen LogP contribution in [0.5, 0.6) is 0 Å². The van der Waals surface area contributed by atoms with E-state index in [1.807, 2.05) is 43.3 Å². The number of carbonyl (C=O) groups is 2.